The molecule has 2 N–H and O–H groups in total. The summed E-state index contributed by atoms with van der Waals surface area (Å²) in [7, 11) is 0. The number of nitrogens with zero attached hydrogens (tertiary/aromatic N) is 2. The normalized spacial score (nSPS) is 10.4. The SMILES string of the molecule is Nc1nccc(Oc2ccc([N+](=O)[O-])cc2F)c1-c1ccccc1. The number of anilines is 1. The molecule has 0 fully saturated rings. The predicted molar refractivity (Wildman–Crippen MR) is 87.2 cm³/mol. The van der Waals surface area contributed by atoms with Crippen molar-refractivity contribution in [2.45, 2.75) is 0 Å². The van der Waals surface area contributed by atoms with Crippen molar-refractivity contribution >= 4 is 11.5 Å². The van der Waals surface area contributed by atoms with Crippen molar-refractivity contribution in [3.63, 3.8) is 0 Å². The van der Waals surface area contributed by atoms with Crippen LogP contribution in [0.4, 0.5) is 15.9 Å². The molecule has 0 amide bonds. The highest BCUT2D eigenvalue weighted by molar-refractivity contribution is 5.79. The van der Waals surface area contributed by atoms with Crippen molar-refractivity contribution in [1.29, 1.82) is 0 Å². The van der Waals surface area contributed by atoms with E-state index in [4.69, 9.17) is 10.5 Å². The zero-order valence-corrected chi connectivity index (χ0v) is 12.3. The lowest BCUT2D eigenvalue weighted by molar-refractivity contribution is -0.385. The maximum Gasteiger partial charge on any atom is 0.272 e. The fourth-order valence-corrected chi connectivity index (χ4v) is 2.24. The summed E-state index contributed by atoms with van der Waals surface area (Å²) in [6.45, 7) is 0. The second-order valence-corrected chi connectivity index (χ2v) is 4.91. The zero-order valence-electron chi connectivity index (χ0n) is 12.3. The van der Waals surface area contributed by atoms with E-state index in [1.54, 1.807) is 6.07 Å². The van der Waals surface area contributed by atoms with E-state index in [1.165, 1.54) is 18.3 Å². The first-order chi connectivity index (χ1) is 11.6. The van der Waals surface area contributed by atoms with Gasteiger partial charge in [-0.05, 0) is 17.7 Å². The zero-order chi connectivity index (χ0) is 17.1. The Kier molecular flexibility index (Phi) is 4.07. The lowest BCUT2D eigenvalue weighted by atomic mass is 10.1. The first-order valence-corrected chi connectivity index (χ1v) is 6.98. The highest BCUT2D eigenvalue weighted by Gasteiger charge is 2.16. The molecule has 0 aliphatic carbocycles. The maximum absolute atomic E-state index is 14.1. The van der Waals surface area contributed by atoms with E-state index in [2.05, 4.69) is 4.98 Å². The quantitative estimate of drug-likeness (QED) is 0.574. The molecule has 120 valence electrons. The monoisotopic (exact) mass is 325 g/mol. The molecule has 1 heterocycles. The van der Waals surface area contributed by atoms with Gasteiger partial charge in [-0.25, -0.2) is 9.37 Å². The average molecular weight is 325 g/mol. The molecule has 3 aromatic rings. The molecule has 0 radical (unpaired) electrons. The Morgan fingerprint density at radius 1 is 1.08 bits per heavy atom. The minimum atomic E-state index is -0.835. The van der Waals surface area contributed by atoms with E-state index in [1.807, 2.05) is 30.3 Å². The van der Waals surface area contributed by atoms with Crippen molar-refractivity contribution in [3.8, 4) is 22.6 Å². The van der Waals surface area contributed by atoms with Gasteiger partial charge in [-0.15, -0.1) is 0 Å². The summed E-state index contributed by atoms with van der Waals surface area (Å²) in [6, 6.07) is 13.9. The van der Waals surface area contributed by atoms with E-state index >= 15 is 0 Å². The summed E-state index contributed by atoms with van der Waals surface area (Å²) >= 11 is 0. The molecule has 0 bridgehead atoms. The van der Waals surface area contributed by atoms with Crippen LogP contribution in [0.5, 0.6) is 11.5 Å². The lowest BCUT2D eigenvalue weighted by Gasteiger charge is -2.13. The summed E-state index contributed by atoms with van der Waals surface area (Å²) in [6.07, 6.45) is 1.44. The number of hydrogen-bond acceptors (Lipinski definition) is 5. The van der Waals surface area contributed by atoms with Crippen molar-refractivity contribution < 1.29 is 14.1 Å². The minimum Gasteiger partial charge on any atom is -0.453 e. The number of nitro groups is 1. The first-order valence-electron chi connectivity index (χ1n) is 6.98. The third-order valence-corrected chi connectivity index (χ3v) is 3.35. The molecule has 6 nitrogen and oxygen atoms in total. The molecule has 3 rings (SSSR count). The molecular formula is C17H12FN3O3. The number of nitrogens with two attached hydrogens (primary N) is 1. The maximum atomic E-state index is 14.1. The molecule has 0 saturated heterocycles. The van der Waals surface area contributed by atoms with Crippen LogP contribution in [0, 0.1) is 15.9 Å². The third-order valence-electron chi connectivity index (χ3n) is 3.35. The number of aromatic nitrogens is 1. The number of benzene rings is 2. The van der Waals surface area contributed by atoms with Gasteiger partial charge < -0.3 is 10.5 Å². The van der Waals surface area contributed by atoms with Crippen LogP contribution in [-0.2, 0) is 0 Å². The van der Waals surface area contributed by atoms with Crippen LogP contribution in [0.1, 0.15) is 0 Å². The second-order valence-electron chi connectivity index (χ2n) is 4.91. The van der Waals surface area contributed by atoms with Crippen molar-refractivity contribution in [2.24, 2.45) is 0 Å². The Morgan fingerprint density at radius 3 is 2.50 bits per heavy atom. The van der Waals surface area contributed by atoms with E-state index in [-0.39, 0.29) is 17.3 Å². The van der Waals surface area contributed by atoms with Gasteiger partial charge in [-0.2, -0.15) is 0 Å². The van der Waals surface area contributed by atoms with Crippen molar-refractivity contribution in [3.05, 3.63) is 76.7 Å². The topological polar surface area (TPSA) is 91.3 Å². The number of hydrogen-bond donors (Lipinski definition) is 1. The van der Waals surface area contributed by atoms with Gasteiger partial charge in [0, 0.05) is 12.3 Å². The molecule has 0 spiro atoms. The molecule has 1 aromatic heterocycles. The molecule has 0 atom stereocenters. The van der Waals surface area contributed by atoms with Gasteiger partial charge in [0.2, 0.25) is 0 Å². The van der Waals surface area contributed by atoms with Gasteiger partial charge in [-0.1, -0.05) is 30.3 Å². The van der Waals surface area contributed by atoms with E-state index in [0.29, 0.717) is 11.3 Å². The van der Waals surface area contributed by atoms with E-state index < -0.39 is 10.7 Å². The van der Waals surface area contributed by atoms with Crippen LogP contribution in [-0.4, -0.2) is 9.91 Å². The summed E-state index contributed by atoms with van der Waals surface area (Å²) in [5.74, 6) is -0.426. The Hall–Kier alpha value is -3.48. The van der Waals surface area contributed by atoms with Crippen molar-refractivity contribution in [2.75, 3.05) is 5.73 Å². The fraction of sp³-hybridized carbons (Fsp3) is 0. The number of halogens is 1. The van der Waals surface area contributed by atoms with Gasteiger partial charge >= 0.3 is 0 Å². The molecule has 7 heteroatoms. The number of nitro benzene ring substituents is 1. The van der Waals surface area contributed by atoms with Crippen molar-refractivity contribution in [1.82, 2.24) is 4.98 Å². The van der Waals surface area contributed by atoms with Gasteiger partial charge in [0.05, 0.1) is 16.6 Å². The van der Waals surface area contributed by atoms with Crippen LogP contribution in [0.3, 0.4) is 0 Å². The number of nitrogen functional groups attached to an aromatic ring is 1. The summed E-state index contributed by atoms with van der Waals surface area (Å²) in [4.78, 5) is 14.0. The van der Waals surface area contributed by atoms with Gasteiger partial charge in [0.15, 0.2) is 11.6 Å². The highest BCUT2D eigenvalue weighted by Crippen LogP contribution is 2.37. The number of non-ortho nitro benzene ring substituents is 1. The van der Waals surface area contributed by atoms with E-state index in [0.717, 1.165) is 11.6 Å². The van der Waals surface area contributed by atoms with Crippen LogP contribution in [0.15, 0.2) is 60.8 Å². The molecule has 2 aromatic carbocycles. The van der Waals surface area contributed by atoms with Crippen LogP contribution >= 0.6 is 0 Å². The second kappa shape index (κ2) is 6.33. The number of ether oxygens (including phenoxy) is 1. The van der Waals surface area contributed by atoms with Gasteiger partial charge in [-0.3, -0.25) is 10.1 Å². The Morgan fingerprint density at radius 2 is 1.83 bits per heavy atom. The summed E-state index contributed by atoms with van der Waals surface area (Å²) < 4.78 is 19.6. The molecule has 0 aliphatic heterocycles. The molecule has 0 aliphatic rings. The number of pyridine rings is 1. The van der Waals surface area contributed by atoms with Crippen LogP contribution in [0.2, 0.25) is 0 Å². The van der Waals surface area contributed by atoms with Gasteiger partial charge in [0.25, 0.3) is 5.69 Å². The largest absolute Gasteiger partial charge is 0.453 e. The van der Waals surface area contributed by atoms with Gasteiger partial charge in [0.1, 0.15) is 11.6 Å². The fourth-order valence-electron chi connectivity index (χ4n) is 2.24. The third kappa shape index (κ3) is 3.00. The van der Waals surface area contributed by atoms with Crippen LogP contribution in [0.25, 0.3) is 11.1 Å². The summed E-state index contributed by atoms with van der Waals surface area (Å²) in [5, 5.41) is 10.7. The Bertz CT molecular complexity index is 901. The van der Waals surface area contributed by atoms with E-state index in [9.17, 15) is 14.5 Å². The molecule has 0 saturated carbocycles. The van der Waals surface area contributed by atoms with Crippen LogP contribution < -0.4 is 10.5 Å². The molecule has 24 heavy (non-hydrogen) atoms. The highest BCUT2D eigenvalue weighted by atomic mass is 19.1. The smallest absolute Gasteiger partial charge is 0.272 e. The predicted octanol–water partition coefficient (Wildman–Crippen LogP) is 4.17. The summed E-state index contributed by atoms with van der Waals surface area (Å²) in [5.41, 5.74) is 6.87. The number of rotatable bonds is 4. The lowest BCUT2D eigenvalue weighted by Crippen LogP contribution is -1.98. The molecular weight excluding hydrogens is 313 g/mol. The average Bonchev–Trinajstić information content (AvgIpc) is 2.57. The standard InChI is InChI=1S/C17H12FN3O3/c18-13-10-12(21(22)23)6-7-14(13)24-15-8-9-20-17(19)16(15)11-4-2-1-3-5-11/h1-10H,(H2,19,20). The Labute approximate surface area is 136 Å². The first kappa shape index (κ1) is 15.4. The minimum absolute atomic E-state index is 0.136. The Balaban J connectivity index is 2.03. The molecule has 0 unspecified atom stereocenters.